The molecule has 0 bridgehead atoms. The molecule has 0 spiro atoms. The molecule has 2 aromatic rings. The topological polar surface area (TPSA) is 53.0 Å². The van der Waals surface area contributed by atoms with Crippen LogP contribution in [0.25, 0.3) is 0 Å². The minimum atomic E-state index is -1.11. The Morgan fingerprint density at radius 3 is 1.68 bits per heavy atom. The van der Waals surface area contributed by atoms with E-state index >= 15 is 0 Å². The summed E-state index contributed by atoms with van der Waals surface area (Å²) < 4.78 is 4.50. The summed E-state index contributed by atoms with van der Waals surface area (Å²) in [6.45, 7) is 12.5. The summed E-state index contributed by atoms with van der Waals surface area (Å²) in [5.74, 6) is 0. The van der Waals surface area contributed by atoms with Crippen LogP contribution < -0.4 is 4.99 Å². The summed E-state index contributed by atoms with van der Waals surface area (Å²) in [5, 5.41) is 0. The van der Waals surface area contributed by atoms with Crippen molar-refractivity contribution >= 4 is 13.5 Å². The van der Waals surface area contributed by atoms with Crippen molar-refractivity contribution in [2.24, 2.45) is 0 Å². The Hall–Kier alpha value is -2.31. The first-order valence-corrected chi connectivity index (χ1v) is 7.59. The van der Waals surface area contributed by atoms with E-state index in [9.17, 15) is 0 Å². The number of aryl methyl sites for hydroxylation is 2. The lowest BCUT2D eigenvalue weighted by atomic mass is 9.87. The summed E-state index contributed by atoms with van der Waals surface area (Å²) >= 11 is 0. The van der Waals surface area contributed by atoms with Gasteiger partial charge in [0, 0.05) is 18.3 Å². The van der Waals surface area contributed by atoms with Crippen LogP contribution in [-0.2, 0) is 0 Å². The maximum atomic E-state index is 4.48. The molecule has 115 valence electrons. The third-order valence-electron chi connectivity index (χ3n) is 4.95. The van der Waals surface area contributed by atoms with Crippen molar-refractivity contribution in [2.75, 3.05) is 0 Å². The fourth-order valence-electron chi connectivity index (χ4n) is 2.98. The first kappa shape index (κ1) is 14.6. The molecule has 2 aromatic heterocycles. The molecule has 0 N–H and O–H groups in total. The zero-order valence-electron chi connectivity index (χ0n) is 14.1. The SMILES string of the molecule is CC1=C(C)N([BH-](n2cnc(C)c2C)n2cnc(C)c2C)C=[N+]1. The molecule has 1 aliphatic rings. The molecule has 0 aromatic carbocycles. The second-order valence-electron chi connectivity index (χ2n) is 6.08. The minimum absolute atomic E-state index is 1.06. The molecule has 0 aliphatic carbocycles. The van der Waals surface area contributed by atoms with Gasteiger partial charge in [0.25, 0.3) is 0 Å². The van der Waals surface area contributed by atoms with Crippen molar-refractivity contribution < 1.29 is 0 Å². The van der Waals surface area contributed by atoms with Gasteiger partial charge in [-0.3, -0.25) is 0 Å². The van der Waals surface area contributed by atoms with Crippen molar-refractivity contribution in [3.05, 3.63) is 46.8 Å². The van der Waals surface area contributed by atoms with E-state index < -0.39 is 7.12 Å². The van der Waals surface area contributed by atoms with Crippen LogP contribution in [0.3, 0.4) is 0 Å². The predicted octanol–water partition coefficient (Wildman–Crippen LogP) is 1.36. The summed E-state index contributed by atoms with van der Waals surface area (Å²) in [6, 6.07) is 0. The Kier molecular flexibility index (Phi) is 3.43. The molecule has 0 fully saturated rings. The van der Waals surface area contributed by atoms with E-state index in [0.29, 0.717) is 0 Å². The average molecular weight is 297 g/mol. The van der Waals surface area contributed by atoms with Crippen LogP contribution in [0.15, 0.2) is 24.0 Å². The van der Waals surface area contributed by atoms with E-state index in [1.165, 1.54) is 17.1 Å². The fraction of sp³-hybridized carbons (Fsp3) is 0.400. The van der Waals surface area contributed by atoms with Gasteiger partial charge in [-0.1, -0.05) is 4.99 Å². The van der Waals surface area contributed by atoms with Gasteiger partial charge < -0.3 is 13.8 Å². The highest BCUT2D eigenvalue weighted by Gasteiger charge is 2.30. The Labute approximate surface area is 131 Å². The lowest BCUT2D eigenvalue weighted by molar-refractivity contribution is 0.731. The molecule has 0 amide bonds. The summed E-state index contributed by atoms with van der Waals surface area (Å²) in [4.78, 5) is 15.7. The molecule has 3 rings (SSSR count). The maximum Gasteiger partial charge on any atom is 0.381 e. The highest BCUT2D eigenvalue weighted by Crippen LogP contribution is 2.19. The monoisotopic (exact) mass is 297 g/mol. The van der Waals surface area contributed by atoms with Gasteiger partial charge in [-0.15, -0.1) is 0 Å². The van der Waals surface area contributed by atoms with Crippen molar-refractivity contribution in [2.45, 2.75) is 41.5 Å². The standard InChI is InChI=1S/C15H22BN6/c1-10-13(4)20(7-17-10)16(21-8-18-11(2)14(21)5)22-9-19-12(3)15(22)6/h7-9,16H,1-6H3. The molecule has 6 nitrogen and oxygen atoms in total. The van der Waals surface area contributed by atoms with Gasteiger partial charge in [0.15, 0.2) is 5.70 Å². The summed E-state index contributed by atoms with van der Waals surface area (Å²) in [7, 11) is -1.11. The van der Waals surface area contributed by atoms with E-state index in [-0.39, 0.29) is 0 Å². The van der Waals surface area contributed by atoms with Crippen LogP contribution in [0, 0.1) is 27.7 Å². The van der Waals surface area contributed by atoms with E-state index in [0.717, 1.165) is 17.1 Å². The lowest BCUT2D eigenvalue weighted by Gasteiger charge is -2.34. The number of aliphatic imine (C=N–C) groups is 1. The van der Waals surface area contributed by atoms with Gasteiger partial charge in [-0.2, -0.15) is 0 Å². The van der Waals surface area contributed by atoms with Gasteiger partial charge in [0.05, 0.1) is 24.0 Å². The van der Waals surface area contributed by atoms with Gasteiger partial charge in [0.1, 0.15) is 5.70 Å². The second-order valence-corrected chi connectivity index (χ2v) is 6.08. The van der Waals surface area contributed by atoms with Gasteiger partial charge in [0.2, 0.25) is 6.34 Å². The average Bonchev–Trinajstić information content (AvgIpc) is 3.10. The van der Waals surface area contributed by atoms with Crippen LogP contribution in [-0.4, -0.2) is 37.2 Å². The zero-order valence-corrected chi connectivity index (χ0v) is 14.1. The maximum absolute atomic E-state index is 4.48. The van der Waals surface area contributed by atoms with Crippen molar-refractivity contribution in [3.8, 4) is 0 Å². The smallest absolute Gasteiger partial charge is 0.381 e. The molecule has 0 unspecified atom stereocenters. The fourth-order valence-corrected chi connectivity index (χ4v) is 2.98. The zero-order chi connectivity index (χ0) is 16.0. The van der Waals surface area contributed by atoms with E-state index in [2.05, 4.69) is 49.5 Å². The largest absolute Gasteiger partial charge is 0.454 e. The Morgan fingerprint density at radius 1 is 0.864 bits per heavy atom. The van der Waals surface area contributed by atoms with Crippen molar-refractivity contribution in [1.29, 1.82) is 0 Å². The van der Waals surface area contributed by atoms with E-state index in [1.807, 2.05) is 39.8 Å². The number of allylic oxidation sites excluding steroid dienone is 2. The molecule has 0 saturated carbocycles. The first-order chi connectivity index (χ1) is 10.4. The number of nitrogens with zero attached hydrogens (tertiary/aromatic N) is 6. The molecule has 1 aliphatic heterocycles. The highest BCUT2D eigenvalue weighted by atomic mass is 15.3. The highest BCUT2D eigenvalue weighted by molar-refractivity contribution is 6.55. The molecular weight excluding hydrogens is 275 g/mol. The molecule has 0 atom stereocenters. The van der Waals surface area contributed by atoms with E-state index in [1.54, 1.807) is 0 Å². The van der Waals surface area contributed by atoms with Gasteiger partial charge in [-0.25, -0.2) is 9.97 Å². The number of aromatic nitrogens is 4. The van der Waals surface area contributed by atoms with Crippen LogP contribution in [0.5, 0.6) is 0 Å². The van der Waals surface area contributed by atoms with E-state index in [4.69, 9.17) is 0 Å². The quantitative estimate of drug-likeness (QED) is 0.804. The van der Waals surface area contributed by atoms with Crippen LogP contribution in [0.1, 0.15) is 36.6 Å². The van der Waals surface area contributed by atoms with Crippen molar-refractivity contribution in [3.63, 3.8) is 0 Å². The molecule has 0 saturated heterocycles. The normalized spacial score (nSPS) is 14.8. The van der Waals surface area contributed by atoms with Gasteiger partial charge >= 0.3 is 7.12 Å². The van der Waals surface area contributed by atoms with Gasteiger partial charge in [-0.05, 0) is 34.6 Å². The summed E-state index contributed by atoms with van der Waals surface area (Å²) in [5.41, 5.74) is 6.70. The lowest BCUT2D eigenvalue weighted by Crippen LogP contribution is -2.49. The second kappa shape index (κ2) is 5.16. The third kappa shape index (κ3) is 2.08. The molecular formula is C15H22BN6. The molecule has 1 radical (unpaired) electrons. The number of rotatable bonds is 3. The van der Waals surface area contributed by atoms with Crippen LogP contribution in [0.2, 0.25) is 0 Å². The molecule has 22 heavy (non-hydrogen) atoms. The molecule has 7 heteroatoms. The predicted molar refractivity (Wildman–Crippen MR) is 89.8 cm³/mol. The minimum Gasteiger partial charge on any atom is -0.454 e. The Morgan fingerprint density at radius 2 is 1.36 bits per heavy atom. The first-order valence-electron chi connectivity index (χ1n) is 7.59. The number of hydrogen-bond acceptors (Lipinski definition) is 4. The van der Waals surface area contributed by atoms with Crippen LogP contribution in [0.4, 0.5) is 0 Å². The number of imidazole rings is 2. The van der Waals surface area contributed by atoms with Crippen molar-refractivity contribution in [1.82, 2.24) is 28.7 Å². The Balaban J connectivity index is 2.18. The third-order valence-corrected chi connectivity index (χ3v) is 4.95. The number of hydrogen-bond donors (Lipinski definition) is 0. The Bertz CT molecular complexity index is 736. The summed E-state index contributed by atoms with van der Waals surface area (Å²) in [6.07, 6.45) is 5.77. The van der Waals surface area contributed by atoms with Crippen LogP contribution >= 0.6 is 0 Å². The molecule has 3 heterocycles.